The predicted octanol–water partition coefficient (Wildman–Crippen LogP) is 3.04. The van der Waals surface area contributed by atoms with Crippen LogP contribution in [0.25, 0.3) is 10.8 Å². The number of alkyl carbamates (subject to hydrolysis) is 1. The van der Waals surface area contributed by atoms with E-state index in [0.29, 0.717) is 55.7 Å². The maximum atomic E-state index is 14.7. The van der Waals surface area contributed by atoms with Gasteiger partial charge in [-0.3, -0.25) is 14.4 Å². The van der Waals surface area contributed by atoms with Crippen LogP contribution in [0.4, 0.5) is 4.79 Å². The molecule has 3 saturated carbocycles. The van der Waals surface area contributed by atoms with Crippen LogP contribution in [-0.4, -0.2) is 116 Å². The third-order valence-corrected chi connectivity index (χ3v) is 12.0. The molecule has 2 heterocycles. The Bertz CT molecular complexity index is 1940. The van der Waals surface area contributed by atoms with E-state index in [1.807, 2.05) is 48.8 Å². The van der Waals surface area contributed by atoms with Crippen LogP contribution in [0.15, 0.2) is 30.5 Å². The number of aromatic nitrogens is 1. The highest BCUT2D eigenvalue weighted by Crippen LogP contribution is 2.47. The van der Waals surface area contributed by atoms with Gasteiger partial charge in [0, 0.05) is 24.5 Å². The molecule has 5 atom stereocenters. The number of nitrogens with zero attached hydrogens (tertiary/aromatic N) is 3. The number of methoxy groups -OCH3 is 1. The van der Waals surface area contributed by atoms with E-state index < -0.39 is 74.5 Å². The summed E-state index contributed by atoms with van der Waals surface area (Å²) in [5.41, 5.74) is -3.85. The first-order chi connectivity index (χ1) is 25.7. The lowest BCUT2D eigenvalue weighted by Crippen LogP contribution is -2.60. The van der Waals surface area contributed by atoms with Crippen LogP contribution in [0.1, 0.15) is 79.6 Å². The van der Waals surface area contributed by atoms with Gasteiger partial charge in [0.1, 0.15) is 35.1 Å². The number of nitrogens with one attached hydrogen (secondary N) is 3. The van der Waals surface area contributed by atoms with Gasteiger partial charge in [-0.1, -0.05) is 34.1 Å². The zero-order valence-electron chi connectivity index (χ0n) is 32.9. The number of likely N-dealkylation sites (tertiary alicyclic amines) is 1. The molecule has 1 aromatic heterocycles. The monoisotopic (exact) mass is 786 g/mol. The number of hydrogen-bond acceptors (Lipinski definition) is 12. The zero-order chi connectivity index (χ0) is 40.1. The quantitative estimate of drug-likeness (QED) is 0.239. The summed E-state index contributed by atoms with van der Waals surface area (Å²) in [4.78, 5) is 63.8. The minimum atomic E-state index is -4.46. The van der Waals surface area contributed by atoms with E-state index in [0.717, 1.165) is 5.39 Å². The fourth-order valence-corrected chi connectivity index (χ4v) is 8.56. The predicted molar refractivity (Wildman–Crippen MR) is 201 cm³/mol. The second-order valence-electron chi connectivity index (χ2n) is 17.1. The Morgan fingerprint density at radius 2 is 1.80 bits per heavy atom. The van der Waals surface area contributed by atoms with Gasteiger partial charge in [0.05, 0.1) is 19.3 Å². The maximum Gasteiger partial charge on any atom is 0.408 e. The molecule has 2 aromatic rings. The van der Waals surface area contributed by atoms with Crippen molar-refractivity contribution in [1.82, 2.24) is 30.1 Å². The van der Waals surface area contributed by atoms with E-state index >= 15 is 0 Å². The van der Waals surface area contributed by atoms with Crippen LogP contribution in [-0.2, 0) is 33.6 Å². The molecule has 0 radical (unpaired) electrons. The molecule has 0 bridgehead atoms. The Labute approximate surface area is 322 Å². The van der Waals surface area contributed by atoms with Crippen molar-refractivity contribution in [1.29, 1.82) is 0 Å². The summed E-state index contributed by atoms with van der Waals surface area (Å²) in [6.07, 6.45) is 3.32. The molecule has 4 fully saturated rings. The highest BCUT2D eigenvalue weighted by Gasteiger charge is 2.62. The highest BCUT2D eigenvalue weighted by atomic mass is 32.2. The Kier molecular flexibility index (Phi) is 10.8. The van der Waals surface area contributed by atoms with Crippen molar-refractivity contribution in [3.63, 3.8) is 0 Å². The first-order valence-corrected chi connectivity index (χ1v) is 20.3. The molecule has 4 aliphatic rings. The van der Waals surface area contributed by atoms with E-state index in [9.17, 15) is 27.6 Å². The lowest BCUT2D eigenvalue weighted by Gasteiger charge is -2.35. The maximum absolute atomic E-state index is 14.7. The fourth-order valence-electron chi connectivity index (χ4n) is 7.41. The van der Waals surface area contributed by atoms with Crippen molar-refractivity contribution < 1.29 is 46.0 Å². The number of hydrogen-bond donors (Lipinski definition) is 3. The van der Waals surface area contributed by atoms with E-state index in [-0.39, 0.29) is 25.3 Å². The van der Waals surface area contributed by atoms with Crippen molar-refractivity contribution in [3.8, 4) is 11.6 Å². The molecule has 6 rings (SSSR count). The van der Waals surface area contributed by atoms with Crippen molar-refractivity contribution in [2.45, 2.75) is 114 Å². The number of carbonyl (C=O) groups excluding carboxylic acids is 4. The number of pyridine rings is 1. The Hall–Kier alpha value is -4.22. The normalized spacial score (nSPS) is 25.5. The summed E-state index contributed by atoms with van der Waals surface area (Å²) in [6, 6.07) is 4.98. The largest absolute Gasteiger partial charge is 0.497 e. The van der Waals surface area contributed by atoms with Crippen molar-refractivity contribution >= 4 is 44.9 Å². The topological polar surface area (TPSA) is 195 Å². The van der Waals surface area contributed by atoms with Crippen LogP contribution in [0.3, 0.4) is 0 Å². The summed E-state index contributed by atoms with van der Waals surface area (Å²) in [7, 11) is 0.901. The van der Waals surface area contributed by atoms with Crippen molar-refractivity contribution in [3.05, 3.63) is 30.5 Å². The van der Waals surface area contributed by atoms with Gasteiger partial charge in [-0.25, -0.2) is 18.7 Å². The van der Waals surface area contributed by atoms with Gasteiger partial charge in [0.2, 0.25) is 17.7 Å². The summed E-state index contributed by atoms with van der Waals surface area (Å²) >= 11 is 0. The first-order valence-electron chi connectivity index (χ1n) is 18.8. The number of benzene rings is 1. The van der Waals surface area contributed by atoms with E-state index in [1.54, 1.807) is 47.1 Å². The molecule has 55 heavy (non-hydrogen) atoms. The van der Waals surface area contributed by atoms with Gasteiger partial charge in [0.15, 0.2) is 0 Å². The van der Waals surface area contributed by atoms with Gasteiger partial charge < -0.3 is 34.6 Å². The standard InChI is InChI=1S/C38H54N6O10S/c1-9-24-20-38(24,33(47)42-55(49,50)54-36(5)13-14-36)41-30(45)28-19-26(52-31-27-11-10-25(51-8)18-23(27)12-17-39-31)21-44(28)32(46)29(35(2,3)4)40-34(48)53-37(15-16-37)22-43(6)7/h10-12,17-18,24,26,28-29H,9,13-16,19-22H2,1-8H3,(H,40,48)(H,41,45)(H,42,47)/t24-,26?,28?,29?,38-/m1/s1. The van der Waals surface area contributed by atoms with Crippen LogP contribution < -0.4 is 24.8 Å². The molecular weight excluding hydrogens is 733 g/mol. The Balaban J connectivity index is 1.26. The molecule has 1 aliphatic heterocycles. The molecule has 17 heteroatoms. The zero-order valence-corrected chi connectivity index (χ0v) is 33.7. The second-order valence-corrected chi connectivity index (χ2v) is 18.4. The third kappa shape index (κ3) is 9.10. The van der Waals surface area contributed by atoms with Gasteiger partial charge in [-0.15, -0.1) is 0 Å². The Morgan fingerprint density at radius 3 is 2.38 bits per heavy atom. The van der Waals surface area contributed by atoms with E-state index in [4.69, 9.17) is 18.4 Å². The summed E-state index contributed by atoms with van der Waals surface area (Å²) in [5.74, 6) is -1.52. The van der Waals surface area contributed by atoms with Crippen LogP contribution in [0.5, 0.6) is 11.6 Å². The minimum Gasteiger partial charge on any atom is -0.497 e. The highest BCUT2D eigenvalue weighted by molar-refractivity contribution is 7.85. The van der Waals surface area contributed by atoms with Gasteiger partial charge in [0.25, 0.3) is 5.91 Å². The molecule has 1 aromatic carbocycles. The number of ether oxygens (including phenoxy) is 3. The number of amides is 4. The molecule has 3 unspecified atom stereocenters. The second kappa shape index (κ2) is 14.7. The van der Waals surface area contributed by atoms with E-state index in [1.165, 1.54) is 4.90 Å². The fraction of sp³-hybridized carbons (Fsp3) is 0.658. The Morgan fingerprint density at radius 1 is 1.09 bits per heavy atom. The summed E-state index contributed by atoms with van der Waals surface area (Å²) < 4.78 is 50.5. The van der Waals surface area contributed by atoms with Crippen molar-refractivity contribution in [2.75, 3.05) is 34.3 Å². The van der Waals surface area contributed by atoms with Gasteiger partial charge >= 0.3 is 16.4 Å². The first kappa shape index (κ1) is 40.4. The third-order valence-electron chi connectivity index (χ3n) is 11.0. The number of fused-ring (bicyclic) bond motifs is 1. The van der Waals surface area contributed by atoms with Crippen LogP contribution in [0, 0.1) is 11.3 Å². The summed E-state index contributed by atoms with van der Waals surface area (Å²) in [6.45, 7) is 9.38. The lowest BCUT2D eigenvalue weighted by molar-refractivity contribution is -0.143. The lowest BCUT2D eigenvalue weighted by atomic mass is 9.85. The van der Waals surface area contributed by atoms with Crippen molar-refractivity contribution in [2.24, 2.45) is 11.3 Å². The average Bonchev–Trinajstić information content (AvgIpc) is 4.06. The molecule has 3 aliphatic carbocycles. The van der Waals surface area contributed by atoms with Gasteiger partial charge in [-0.2, -0.15) is 8.42 Å². The van der Waals surface area contributed by atoms with Crippen LogP contribution in [0.2, 0.25) is 0 Å². The number of likely N-dealkylation sites (N-methyl/N-ethyl adjacent to an activating group) is 1. The SMILES string of the molecule is CC[C@@H]1C[C@]1(NC(=O)C1CC(Oc2nccc3cc(OC)ccc23)CN1C(=O)C(NC(=O)OC1(CN(C)C)CC1)C(C)(C)C)C(=O)NS(=O)(=O)OC1(C)CC1. The molecule has 1 saturated heterocycles. The van der Waals surface area contributed by atoms with Crippen LogP contribution >= 0.6 is 0 Å². The molecule has 16 nitrogen and oxygen atoms in total. The number of rotatable bonds is 15. The molecule has 302 valence electrons. The molecular formula is C38H54N6O10S. The minimum absolute atomic E-state index is 0.0211. The molecule has 3 N–H and O–H groups in total. The molecule has 4 amide bonds. The average molecular weight is 787 g/mol. The number of carbonyl (C=O) groups is 4. The van der Waals surface area contributed by atoms with Gasteiger partial charge in [-0.05, 0) is 94.1 Å². The smallest absolute Gasteiger partial charge is 0.408 e. The molecule has 0 spiro atoms. The van der Waals surface area contributed by atoms with E-state index in [2.05, 4.69) is 15.6 Å². The summed E-state index contributed by atoms with van der Waals surface area (Å²) in [5, 5.41) is 7.13.